The summed E-state index contributed by atoms with van der Waals surface area (Å²) >= 11 is 0. The smallest absolute Gasteiger partial charge is 0.170 e. The molecule has 0 radical (unpaired) electrons. The molecule has 0 atom stereocenters. The van der Waals surface area contributed by atoms with Crippen molar-refractivity contribution in [3.8, 4) is 51.7 Å². The lowest BCUT2D eigenvalue weighted by Crippen LogP contribution is -2.06. The summed E-state index contributed by atoms with van der Waals surface area (Å²) in [5.41, 5.74) is 8.45. The van der Waals surface area contributed by atoms with E-state index in [1.54, 1.807) is 6.08 Å². The first-order valence-corrected chi connectivity index (χ1v) is 14.8. The zero-order chi connectivity index (χ0) is 30.8. The monoisotopic (exact) mass is 581 g/mol. The number of benzene rings is 4. The van der Waals surface area contributed by atoms with Gasteiger partial charge < -0.3 is 4.57 Å². The van der Waals surface area contributed by atoms with Crippen LogP contribution in [0.25, 0.3) is 67.7 Å². The molecule has 0 amide bonds. The van der Waals surface area contributed by atoms with Crippen LogP contribution in [0.3, 0.4) is 0 Å². The number of nitriles is 2. The Hall–Kier alpha value is -6.31. The Morgan fingerprint density at radius 3 is 2.11 bits per heavy atom. The van der Waals surface area contributed by atoms with Gasteiger partial charge >= 0.3 is 0 Å². The minimum atomic E-state index is 0.0494. The van der Waals surface area contributed by atoms with Gasteiger partial charge in [0.05, 0.1) is 17.5 Å². The number of para-hydroxylation sites is 1. The molecule has 7 nitrogen and oxygen atoms in total. The van der Waals surface area contributed by atoms with Crippen molar-refractivity contribution in [2.45, 2.75) is 19.9 Å². The van der Waals surface area contributed by atoms with Gasteiger partial charge in [-0.1, -0.05) is 110 Å². The Morgan fingerprint density at radius 1 is 0.756 bits per heavy atom. The Bertz CT molecular complexity index is 2260. The number of nitrogens with zero attached hydrogens (tertiary/aromatic N) is 7. The van der Waals surface area contributed by atoms with Gasteiger partial charge in [0.2, 0.25) is 0 Å². The molecule has 7 heteroatoms. The van der Waals surface area contributed by atoms with Crippen LogP contribution < -0.4 is 0 Å². The van der Waals surface area contributed by atoms with Gasteiger partial charge in [0, 0.05) is 23.1 Å². The van der Waals surface area contributed by atoms with Crippen LogP contribution in [0.2, 0.25) is 0 Å². The standard InChI is InChI=1S/C38H27N7/c1-2-21-44-25-41-34-37(44)42-36(30-19-17-26(18-20-30)22-27(23-39)24-40)43-38(34)45-32-16-10-9-15-31(32)33(28-11-5-3-6-12-28)35(45)29-13-7-4-8-14-29/h3-20,22,25H,2,21H2,1H3. The molecule has 0 spiro atoms. The fourth-order valence-electron chi connectivity index (χ4n) is 5.83. The molecule has 0 saturated carbocycles. The van der Waals surface area contributed by atoms with Crippen LogP contribution in [0, 0.1) is 22.7 Å². The minimum Gasteiger partial charge on any atom is -0.315 e. The summed E-state index contributed by atoms with van der Waals surface area (Å²) in [4.78, 5) is 15.2. The summed E-state index contributed by atoms with van der Waals surface area (Å²) in [7, 11) is 0. The summed E-state index contributed by atoms with van der Waals surface area (Å²) in [6.07, 6.45) is 4.35. The van der Waals surface area contributed by atoms with Gasteiger partial charge in [-0.15, -0.1) is 0 Å². The van der Waals surface area contributed by atoms with Crippen LogP contribution in [-0.4, -0.2) is 24.1 Å². The molecule has 0 fully saturated rings. The Morgan fingerprint density at radius 2 is 1.42 bits per heavy atom. The van der Waals surface area contributed by atoms with Crippen LogP contribution in [-0.2, 0) is 6.54 Å². The molecule has 214 valence electrons. The van der Waals surface area contributed by atoms with Crippen molar-refractivity contribution in [2.75, 3.05) is 0 Å². The lowest BCUT2D eigenvalue weighted by Gasteiger charge is -2.14. The molecule has 0 bridgehead atoms. The van der Waals surface area contributed by atoms with E-state index in [1.165, 1.54) is 0 Å². The van der Waals surface area contributed by atoms with Crippen LogP contribution in [0.4, 0.5) is 0 Å². The number of allylic oxidation sites excluding steroid dienone is 1. The second-order valence-corrected chi connectivity index (χ2v) is 10.7. The highest BCUT2D eigenvalue weighted by molar-refractivity contribution is 6.06. The van der Waals surface area contributed by atoms with Crippen molar-refractivity contribution in [1.29, 1.82) is 10.5 Å². The van der Waals surface area contributed by atoms with E-state index >= 15 is 0 Å². The van der Waals surface area contributed by atoms with Gasteiger partial charge in [0.1, 0.15) is 17.7 Å². The number of fused-ring (bicyclic) bond motifs is 2. The number of hydrogen-bond donors (Lipinski definition) is 0. The number of hydrogen-bond acceptors (Lipinski definition) is 5. The molecule has 0 aliphatic rings. The first-order valence-electron chi connectivity index (χ1n) is 14.8. The summed E-state index contributed by atoms with van der Waals surface area (Å²) in [5, 5.41) is 19.5. The number of aromatic nitrogens is 5. The van der Waals surface area contributed by atoms with E-state index in [0.717, 1.165) is 68.5 Å². The topological polar surface area (TPSA) is 96.1 Å². The highest BCUT2D eigenvalue weighted by Gasteiger charge is 2.25. The van der Waals surface area contributed by atoms with Gasteiger partial charge in [0.25, 0.3) is 0 Å². The molecule has 0 aliphatic heterocycles. The largest absolute Gasteiger partial charge is 0.315 e. The van der Waals surface area contributed by atoms with Crippen molar-refractivity contribution in [3.05, 3.63) is 127 Å². The van der Waals surface area contributed by atoms with E-state index in [9.17, 15) is 10.5 Å². The van der Waals surface area contributed by atoms with Gasteiger partial charge in [-0.3, -0.25) is 4.57 Å². The second-order valence-electron chi connectivity index (χ2n) is 10.7. The molecular weight excluding hydrogens is 554 g/mol. The van der Waals surface area contributed by atoms with Crippen LogP contribution in [0.5, 0.6) is 0 Å². The summed E-state index contributed by atoms with van der Waals surface area (Å²) < 4.78 is 4.31. The zero-order valence-electron chi connectivity index (χ0n) is 24.6. The third-order valence-corrected chi connectivity index (χ3v) is 7.83. The molecule has 3 heterocycles. The summed E-state index contributed by atoms with van der Waals surface area (Å²) in [6, 6.07) is 40.7. The lowest BCUT2D eigenvalue weighted by atomic mass is 9.98. The molecule has 3 aromatic heterocycles. The summed E-state index contributed by atoms with van der Waals surface area (Å²) in [6.45, 7) is 2.91. The third kappa shape index (κ3) is 4.93. The Balaban J connectivity index is 1.55. The van der Waals surface area contributed by atoms with Gasteiger partial charge in [-0.25, -0.2) is 15.0 Å². The second kappa shape index (κ2) is 11.8. The lowest BCUT2D eigenvalue weighted by molar-refractivity contribution is 0.691. The number of imidazole rings is 1. The maximum absolute atomic E-state index is 9.19. The average Bonchev–Trinajstić information content (AvgIpc) is 3.67. The maximum Gasteiger partial charge on any atom is 0.170 e. The van der Waals surface area contributed by atoms with Crippen LogP contribution >= 0.6 is 0 Å². The molecule has 0 unspecified atom stereocenters. The van der Waals surface area contributed by atoms with Crippen molar-refractivity contribution in [2.24, 2.45) is 0 Å². The van der Waals surface area contributed by atoms with E-state index in [0.29, 0.717) is 11.6 Å². The fraction of sp³-hybridized carbons (Fsp3) is 0.0789. The number of aryl methyl sites for hydroxylation is 1. The Labute approximate surface area is 260 Å². The molecular formula is C38H27N7. The van der Waals surface area contributed by atoms with E-state index in [-0.39, 0.29) is 5.57 Å². The SMILES string of the molecule is CCCn1cnc2c(-n3c(-c4ccccc4)c(-c4ccccc4)c4ccccc43)nc(-c3ccc(C=C(C#N)C#N)cc3)nc21. The minimum absolute atomic E-state index is 0.0494. The molecule has 7 rings (SSSR count). The first kappa shape index (κ1) is 27.5. The highest BCUT2D eigenvalue weighted by Crippen LogP contribution is 2.43. The van der Waals surface area contributed by atoms with Gasteiger partial charge in [-0.05, 0) is 35.3 Å². The predicted octanol–water partition coefficient (Wildman–Crippen LogP) is 8.61. The molecule has 7 aromatic rings. The van der Waals surface area contributed by atoms with Crippen LogP contribution in [0.15, 0.2) is 121 Å². The van der Waals surface area contributed by atoms with Crippen LogP contribution in [0.1, 0.15) is 18.9 Å². The van der Waals surface area contributed by atoms with Crippen molar-refractivity contribution >= 4 is 28.1 Å². The van der Waals surface area contributed by atoms with Crippen molar-refractivity contribution in [3.63, 3.8) is 0 Å². The van der Waals surface area contributed by atoms with Gasteiger partial charge in [0.15, 0.2) is 22.8 Å². The Kier molecular flexibility index (Phi) is 7.19. The molecule has 0 N–H and O–H groups in total. The summed E-state index contributed by atoms with van der Waals surface area (Å²) in [5.74, 6) is 1.26. The first-order chi connectivity index (χ1) is 22.2. The van der Waals surface area contributed by atoms with E-state index in [1.807, 2.05) is 54.9 Å². The average molecular weight is 582 g/mol. The van der Waals surface area contributed by atoms with E-state index < -0.39 is 0 Å². The quantitative estimate of drug-likeness (QED) is 0.176. The third-order valence-electron chi connectivity index (χ3n) is 7.83. The van der Waals surface area contributed by atoms with Crippen molar-refractivity contribution in [1.82, 2.24) is 24.1 Å². The van der Waals surface area contributed by atoms with E-state index in [2.05, 4.69) is 88.9 Å². The zero-order valence-corrected chi connectivity index (χ0v) is 24.6. The molecule has 4 aromatic carbocycles. The molecule has 0 aliphatic carbocycles. The van der Waals surface area contributed by atoms with Crippen molar-refractivity contribution < 1.29 is 0 Å². The molecule has 45 heavy (non-hydrogen) atoms. The maximum atomic E-state index is 9.19. The normalized spacial score (nSPS) is 10.9. The molecule has 0 saturated heterocycles. The highest BCUT2D eigenvalue weighted by atomic mass is 15.2. The predicted molar refractivity (Wildman–Crippen MR) is 178 cm³/mol. The fourth-order valence-corrected chi connectivity index (χ4v) is 5.83. The number of rotatable bonds is 7. The van der Waals surface area contributed by atoms with E-state index in [4.69, 9.17) is 15.0 Å². The van der Waals surface area contributed by atoms with Gasteiger partial charge in [-0.2, -0.15) is 10.5 Å².